The molecule has 162 valence electrons. The second-order valence-corrected chi connectivity index (χ2v) is 8.49. The Morgan fingerprint density at radius 3 is 2.77 bits per heavy atom. The van der Waals surface area contributed by atoms with Crippen molar-refractivity contribution < 1.29 is 9.69 Å². The number of hydrogen-bond acceptors (Lipinski definition) is 2. The van der Waals surface area contributed by atoms with Gasteiger partial charge in [0.05, 0.1) is 26.2 Å². The fourth-order valence-electron chi connectivity index (χ4n) is 4.56. The molecule has 4 rings (SSSR count). The van der Waals surface area contributed by atoms with E-state index >= 15 is 0 Å². The van der Waals surface area contributed by atoms with Crippen LogP contribution < -0.4 is 15.8 Å². The minimum atomic E-state index is -0.169. The van der Waals surface area contributed by atoms with Crippen LogP contribution in [0.2, 0.25) is 0 Å². The zero-order valence-electron chi connectivity index (χ0n) is 18.3. The normalized spacial score (nSPS) is 18.3. The fraction of sp³-hybridized carbons (Fsp3) is 0.360. The minimum Gasteiger partial charge on any atom is -0.331 e. The SMILES string of the molecule is CC[NH+]1CCC[C@@H]1CN(Cc1cc2ccc(C)cc2[nH]c1=O)C(=O)Nc1ccccc1. The lowest BCUT2D eigenvalue weighted by atomic mass is 10.1. The number of aromatic amines is 1. The van der Waals surface area contributed by atoms with E-state index in [0.717, 1.165) is 41.7 Å². The lowest BCUT2D eigenvalue weighted by Crippen LogP contribution is -3.14. The Bertz CT molecular complexity index is 1110. The number of pyridine rings is 1. The highest BCUT2D eigenvalue weighted by Crippen LogP contribution is 2.16. The van der Waals surface area contributed by atoms with Crippen LogP contribution in [0.15, 0.2) is 59.4 Å². The highest BCUT2D eigenvalue weighted by molar-refractivity contribution is 5.89. The van der Waals surface area contributed by atoms with Gasteiger partial charge in [-0.05, 0) is 49.1 Å². The number of anilines is 1. The van der Waals surface area contributed by atoms with Gasteiger partial charge in [0.1, 0.15) is 6.04 Å². The van der Waals surface area contributed by atoms with Crippen LogP contribution in [0.1, 0.15) is 30.9 Å². The summed E-state index contributed by atoms with van der Waals surface area (Å²) < 4.78 is 0. The summed E-state index contributed by atoms with van der Waals surface area (Å²) in [6, 6.07) is 17.6. The van der Waals surface area contributed by atoms with Crippen LogP contribution in [0.5, 0.6) is 0 Å². The Labute approximate surface area is 182 Å². The standard InChI is InChI=1S/C25H30N4O2/c1-3-28-13-7-10-22(28)17-29(25(31)26-21-8-5-4-6-9-21)16-20-15-19-12-11-18(2)14-23(19)27-24(20)30/h4-6,8-9,11-12,14-15,22H,3,7,10,13,16-17H2,1-2H3,(H,26,31)(H,27,30)/p+1/t22-/m1/s1. The maximum Gasteiger partial charge on any atom is 0.322 e. The molecule has 0 aliphatic carbocycles. The topological polar surface area (TPSA) is 69.6 Å². The third kappa shape index (κ3) is 4.97. The van der Waals surface area contributed by atoms with E-state index in [-0.39, 0.29) is 18.1 Å². The molecule has 0 radical (unpaired) electrons. The minimum absolute atomic E-state index is 0.137. The maximum absolute atomic E-state index is 13.2. The van der Waals surface area contributed by atoms with Crippen LogP contribution in [0, 0.1) is 6.92 Å². The Kier molecular flexibility index (Phi) is 6.37. The summed E-state index contributed by atoms with van der Waals surface area (Å²) in [5, 5.41) is 3.98. The van der Waals surface area contributed by atoms with Crippen molar-refractivity contribution in [1.29, 1.82) is 0 Å². The molecule has 6 heteroatoms. The number of nitrogens with one attached hydrogen (secondary N) is 3. The largest absolute Gasteiger partial charge is 0.331 e. The van der Waals surface area contributed by atoms with E-state index in [2.05, 4.69) is 17.2 Å². The molecule has 2 amide bonds. The first-order chi connectivity index (χ1) is 15.0. The molecule has 3 aromatic rings. The van der Waals surface area contributed by atoms with E-state index in [9.17, 15) is 9.59 Å². The summed E-state index contributed by atoms with van der Waals surface area (Å²) in [5.41, 5.74) is 3.15. The summed E-state index contributed by atoms with van der Waals surface area (Å²) >= 11 is 0. The number of nitrogens with zero attached hydrogens (tertiary/aromatic N) is 1. The smallest absolute Gasteiger partial charge is 0.322 e. The zero-order valence-corrected chi connectivity index (χ0v) is 18.3. The Hall–Kier alpha value is -3.12. The molecule has 0 saturated carbocycles. The number of urea groups is 1. The summed E-state index contributed by atoms with van der Waals surface area (Å²) in [6.07, 6.45) is 2.28. The van der Waals surface area contributed by atoms with E-state index in [1.54, 1.807) is 4.90 Å². The van der Waals surface area contributed by atoms with Crippen LogP contribution in [0.4, 0.5) is 10.5 Å². The molecule has 2 heterocycles. The van der Waals surface area contributed by atoms with Crippen molar-refractivity contribution in [3.63, 3.8) is 0 Å². The molecule has 6 nitrogen and oxygen atoms in total. The van der Waals surface area contributed by atoms with Crippen LogP contribution in [0.25, 0.3) is 10.9 Å². The number of aryl methyl sites for hydroxylation is 1. The quantitative estimate of drug-likeness (QED) is 0.575. The molecular formula is C25H31N4O2+. The van der Waals surface area contributed by atoms with E-state index in [0.29, 0.717) is 18.2 Å². The number of quaternary nitrogens is 1. The molecule has 31 heavy (non-hydrogen) atoms. The van der Waals surface area contributed by atoms with Crippen molar-refractivity contribution in [2.75, 3.05) is 25.0 Å². The van der Waals surface area contributed by atoms with Crippen LogP contribution in [0.3, 0.4) is 0 Å². The van der Waals surface area contributed by atoms with Crippen LogP contribution in [-0.2, 0) is 6.54 Å². The number of benzene rings is 2. The van der Waals surface area contributed by atoms with Crippen LogP contribution in [-0.4, -0.2) is 41.6 Å². The van der Waals surface area contributed by atoms with Gasteiger partial charge >= 0.3 is 6.03 Å². The number of fused-ring (bicyclic) bond motifs is 1. The number of carbonyl (C=O) groups excluding carboxylic acids is 1. The van der Waals surface area contributed by atoms with Gasteiger partial charge in [0.2, 0.25) is 0 Å². The molecule has 3 N–H and O–H groups in total. The number of carbonyl (C=O) groups is 1. The number of para-hydroxylation sites is 1. The number of aromatic nitrogens is 1. The van der Waals surface area contributed by atoms with E-state index in [4.69, 9.17) is 0 Å². The molecule has 1 aliphatic heterocycles. The number of amides is 2. The lowest BCUT2D eigenvalue weighted by molar-refractivity contribution is -0.909. The fourth-order valence-corrected chi connectivity index (χ4v) is 4.56. The van der Waals surface area contributed by atoms with Gasteiger partial charge in [-0.2, -0.15) is 0 Å². The molecule has 1 saturated heterocycles. The zero-order chi connectivity index (χ0) is 21.8. The number of rotatable bonds is 6. The average Bonchev–Trinajstić information content (AvgIpc) is 3.21. The maximum atomic E-state index is 13.2. The molecule has 1 aromatic heterocycles. The predicted molar refractivity (Wildman–Crippen MR) is 125 cm³/mol. The predicted octanol–water partition coefficient (Wildman–Crippen LogP) is 2.94. The second-order valence-electron chi connectivity index (χ2n) is 8.49. The highest BCUT2D eigenvalue weighted by atomic mass is 16.2. The van der Waals surface area contributed by atoms with Gasteiger partial charge in [-0.1, -0.05) is 30.3 Å². The van der Waals surface area contributed by atoms with Gasteiger partial charge in [-0.3, -0.25) is 4.79 Å². The first-order valence-electron chi connectivity index (χ1n) is 11.1. The molecule has 2 atom stereocenters. The summed E-state index contributed by atoms with van der Waals surface area (Å²) in [6.45, 7) is 7.31. The monoisotopic (exact) mass is 419 g/mol. The number of hydrogen-bond donors (Lipinski definition) is 3. The van der Waals surface area contributed by atoms with Crippen molar-refractivity contribution in [2.24, 2.45) is 0 Å². The second kappa shape index (κ2) is 9.35. The third-order valence-corrected chi connectivity index (χ3v) is 6.27. The van der Waals surface area contributed by atoms with Gasteiger partial charge in [-0.15, -0.1) is 0 Å². The first-order valence-corrected chi connectivity index (χ1v) is 11.1. The van der Waals surface area contributed by atoms with Crippen molar-refractivity contribution in [3.8, 4) is 0 Å². The van der Waals surface area contributed by atoms with Crippen molar-refractivity contribution >= 4 is 22.6 Å². The average molecular weight is 420 g/mol. The van der Waals surface area contributed by atoms with E-state index < -0.39 is 0 Å². The highest BCUT2D eigenvalue weighted by Gasteiger charge is 2.31. The summed E-state index contributed by atoms with van der Waals surface area (Å²) in [4.78, 5) is 32.3. The van der Waals surface area contributed by atoms with Crippen LogP contribution >= 0.6 is 0 Å². The van der Waals surface area contributed by atoms with Gasteiger partial charge in [0, 0.05) is 29.6 Å². The van der Waals surface area contributed by atoms with Crippen molar-refractivity contribution in [1.82, 2.24) is 9.88 Å². The van der Waals surface area contributed by atoms with Gasteiger partial charge < -0.3 is 20.1 Å². The molecule has 0 bridgehead atoms. The molecule has 2 aromatic carbocycles. The number of likely N-dealkylation sites (tertiary alicyclic amines) is 1. The lowest BCUT2D eigenvalue weighted by Gasteiger charge is -2.28. The molecule has 0 spiro atoms. The van der Waals surface area contributed by atoms with E-state index in [1.807, 2.05) is 61.5 Å². The number of likely N-dealkylation sites (N-methyl/N-ethyl adjacent to an activating group) is 1. The third-order valence-electron chi connectivity index (χ3n) is 6.27. The Morgan fingerprint density at radius 1 is 1.19 bits per heavy atom. The molecule has 1 fully saturated rings. The summed E-state index contributed by atoms with van der Waals surface area (Å²) in [5.74, 6) is 0. The van der Waals surface area contributed by atoms with Crippen molar-refractivity contribution in [2.45, 2.75) is 39.3 Å². The Morgan fingerprint density at radius 2 is 2.00 bits per heavy atom. The van der Waals surface area contributed by atoms with Crippen molar-refractivity contribution in [3.05, 3.63) is 76.1 Å². The van der Waals surface area contributed by atoms with Gasteiger partial charge in [0.15, 0.2) is 0 Å². The van der Waals surface area contributed by atoms with Gasteiger partial charge in [-0.25, -0.2) is 4.79 Å². The van der Waals surface area contributed by atoms with Gasteiger partial charge in [0.25, 0.3) is 5.56 Å². The molecule has 1 unspecified atom stereocenters. The summed E-state index contributed by atoms with van der Waals surface area (Å²) in [7, 11) is 0. The Balaban J connectivity index is 1.61. The van der Waals surface area contributed by atoms with E-state index in [1.165, 1.54) is 11.3 Å². The molecule has 1 aliphatic rings. The first kappa shape index (κ1) is 21.1. The molecular weight excluding hydrogens is 388 g/mol. The number of H-pyrrole nitrogens is 1.